The Labute approximate surface area is 175 Å². The van der Waals surface area contributed by atoms with Crippen LogP contribution in [-0.2, 0) is 0 Å². The van der Waals surface area contributed by atoms with Crippen LogP contribution in [0.5, 0.6) is 23.0 Å². The number of ether oxygens (including phenoxy) is 4. The maximum Gasteiger partial charge on any atom is 0.229 e. The second-order valence-corrected chi connectivity index (χ2v) is 7.21. The molecule has 0 saturated carbocycles. The third-order valence-electron chi connectivity index (χ3n) is 4.35. The van der Waals surface area contributed by atoms with Gasteiger partial charge in [0.25, 0.3) is 0 Å². The van der Waals surface area contributed by atoms with E-state index in [1.165, 1.54) is 0 Å². The highest BCUT2D eigenvalue weighted by molar-refractivity contribution is 9.10. The van der Waals surface area contributed by atoms with Crippen molar-refractivity contribution in [3.63, 3.8) is 0 Å². The van der Waals surface area contributed by atoms with Crippen LogP contribution in [0.4, 0.5) is 23.1 Å². The summed E-state index contributed by atoms with van der Waals surface area (Å²) in [5, 5.41) is 6.47. The Morgan fingerprint density at radius 3 is 1.90 bits per heavy atom. The normalized spacial score (nSPS) is 14.2. The van der Waals surface area contributed by atoms with Crippen molar-refractivity contribution in [2.24, 2.45) is 0 Å². The van der Waals surface area contributed by atoms with E-state index in [9.17, 15) is 0 Å². The first-order valence-electron chi connectivity index (χ1n) is 9.10. The van der Waals surface area contributed by atoms with E-state index in [1.54, 1.807) is 6.20 Å². The van der Waals surface area contributed by atoms with Crippen LogP contribution in [0.15, 0.2) is 47.1 Å². The molecule has 0 amide bonds. The van der Waals surface area contributed by atoms with Gasteiger partial charge in [-0.15, -0.1) is 0 Å². The van der Waals surface area contributed by atoms with E-state index >= 15 is 0 Å². The lowest BCUT2D eigenvalue weighted by molar-refractivity contribution is 0.171. The highest BCUT2D eigenvalue weighted by atomic mass is 79.9. The minimum Gasteiger partial charge on any atom is -0.486 e. The Kier molecular flexibility index (Phi) is 4.73. The molecule has 29 heavy (non-hydrogen) atoms. The molecule has 0 spiro atoms. The van der Waals surface area contributed by atoms with Crippen LogP contribution in [0.1, 0.15) is 0 Å². The van der Waals surface area contributed by atoms with Crippen LogP contribution >= 0.6 is 15.9 Å². The van der Waals surface area contributed by atoms with Gasteiger partial charge in [-0.05, 0) is 40.2 Å². The monoisotopic (exact) mass is 456 g/mol. The van der Waals surface area contributed by atoms with E-state index in [0.717, 1.165) is 27.3 Å². The minimum atomic E-state index is 0.449. The predicted octanol–water partition coefficient (Wildman–Crippen LogP) is 4.27. The topological polar surface area (TPSA) is 86.8 Å². The Morgan fingerprint density at radius 1 is 0.724 bits per heavy atom. The van der Waals surface area contributed by atoms with Gasteiger partial charge in [-0.3, -0.25) is 0 Å². The number of rotatable bonds is 4. The van der Waals surface area contributed by atoms with E-state index in [4.69, 9.17) is 18.9 Å². The summed E-state index contributed by atoms with van der Waals surface area (Å²) >= 11 is 3.49. The summed E-state index contributed by atoms with van der Waals surface area (Å²) in [4.78, 5) is 8.89. The van der Waals surface area contributed by atoms with Gasteiger partial charge in [0.15, 0.2) is 23.0 Å². The zero-order valence-electron chi connectivity index (χ0n) is 15.3. The number of nitrogens with zero attached hydrogens (tertiary/aromatic N) is 2. The van der Waals surface area contributed by atoms with Gasteiger partial charge >= 0.3 is 0 Å². The summed E-state index contributed by atoms with van der Waals surface area (Å²) in [6.45, 7) is 2.20. The summed E-state index contributed by atoms with van der Waals surface area (Å²) in [6.07, 6.45) is 1.69. The van der Waals surface area contributed by atoms with Gasteiger partial charge in [0, 0.05) is 29.7 Å². The van der Waals surface area contributed by atoms with Crippen molar-refractivity contribution < 1.29 is 18.9 Å². The summed E-state index contributed by atoms with van der Waals surface area (Å²) < 4.78 is 23.1. The molecule has 2 N–H and O–H groups in total. The molecule has 3 aromatic rings. The van der Waals surface area contributed by atoms with Gasteiger partial charge in [0.1, 0.15) is 32.2 Å². The smallest absolute Gasteiger partial charge is 0.229 e. The van der Waals surface area contributed by atoms with Crippen molar-refractivity contribution in [1.29, 1.82) is 0 Å². The van der Waals surface area contributed by atoms with Crippen LogP contribution in [-0.4, -0.2) is 36.4 Å². The Balaban J connectivity index is 1.36. The van der Waals surface area contributed by atoms with Crippen molar-refractivity contribution in [3.05, 3.63) is 47.1 Å². The molecule has 2 aromatic carbocycles. The molecule has 8 nitrogen and oxygen atoms in total. The van der Waals surface area contributed by atoms with Gasteiger partial charge in [-0.1, -0.05) is 0 Å². The van der Waals surface area contributed by atoms with Crippen molar-refractivity contribution in [2.75, 3.05) is 37.1 Å². The van der Waals surface area contributed by atoms with Gasteiger partial charge in [0.05, 0.1) is 4.47 Å². The standard InChI is InChI=1S/C20H17BrN4O4/c21-14-11-22-20(24-13-2-4-16-18(10-13)29-8-6-27-16)25-19(14)23-12-1-3-15-17(9-12)28-7-5-26-15/h1-4,9-11H,5-8H2,(H2,22,23,24,25). The highest BCUT2D eigenvalue weighted by Gasteiger charge is 2.14. The van der Waals surface area contributed by atoms with E-state index < -0.39 is 0 Å². The maximum atomic E-state index is 5.64. The van der Waals surface area contributed by atoms with Crippen molar-refractivity contribution >= 4 is 39.1 Å². The van der Waals surface area contributed by atoms with Crippen LogP contribution in [0, 0.1) is 0 Å². The average Bonchev–Trinajstić information content (AvgIpc) is 2.76. The lowest BCUT2D eigenvalue weighted by Gasteiger charge is -2.19. The van der Waals surface area contributed by atoms with Gasteiger partial charge in [0.2, 0.25) is 5.95 Å². The van der Waals surface area contributed by atoms with Crippen molar-refractivity contribution in [2.45, 2.75) is 0 Å². The summed E-state index contributed by atoms with van der Waals surface area (Å²) in [5.41, 5.74) is 1.64. The largest absolute Gasteiger partial charge is 0.486 e. The summed E-state index contributed by atoms with van der Waals surface area (Å²) in [5.74, 6) is 3.96. The molecule has 1 aromatic heterocycles. The summed E-state index contributed by atoms with van der Waals surface area (Å²) in [7, 11) is 0. The molecule has 3 heterocycles. The third kappa shape index (κ3) is 3.86. The van der Waals surface area contributed by atoms with Crippen LogP contribution in [0.3, 0.4) is 0 Å². The fourth-order valence-corrected chi connectivity index (χ4v) is 3.31. The maximum absolute atomic E-state index is 5.64. The third-order valence-corrected chi connectivity index (χ3v) is 4.93. The number of hydrogen-bond donors (Lipinski definition) is 2. The van der Waals surface area contributed by atoms with Crippen molar-refractivity contribution in [1.82, 2.24) is 9.97 Å². The lowest BCUT2D eigenvalue weighted by Crippen LogP contribution is -2.15. The zero-order valence-corrected chi connectivity index (χ0v) is 16.9. The van der Waals surface area contributed by atoms with E-state index in [2.05, 4.69) is 36.5 Å². The number of fused-ring (bicyclic) bond motifs is 2. The van der Waals surface area contributed by atoms with Crippen molar-refractivity contribution in [3.8, 4) is 23.0 Å². The summed E-state index contributed by atoms with van der Waals surface area (Å²) in [6, 6.07) is 11.3. The number of hydrogen-bond acceptors (Lipinski definition) is 8. The number of benzene rings is 2. The molecule has 5 rings (SSSR count). The van der Waals surface area contributed by atoms with E-state index in [-0.39, 0.29) is 0 Å². The van der Waals surface area contributed by atoms with Crippen LogP contribution in [0.2, 0.25) is 0 Å². The lowest BCUT2D eigenvalue weighted by atomic mass is 10.2. The van der Waals surface area contributed by atoms with Crippen LogP contribution < -0.4 is 29.6 Å². The molecule has 0 unspecified atom stereocenters. The second-order valence-electron chi connectivity index (χ2n) is 6.36. The first-order valence-corrected chi connectivity index (χ1v) is 9.90. The number of halogens is 1. The molecular formula is C20H17BrN4O4. The van der Waals surface area contributed by atoms with E-state index in [0.29, 0.717) is 49.7 Å². The first kappa shape index (κ1) is 17.9. The van der Waals surface area contributed by atoms with E-state index in [1.807, 2.05) is 36.4 Å². The molecule has 9 heteroatoms. The average molecular weight is 457 g/mol. The molecule has 0 radical (unpaired) electrons. The fourth-order valence-electron chi connectivity index (χ4n) is 3.02. The first-order chi connectivity index (χ1) is 14.2. The molecule has 0 fully saturated rings. The molecule has 2 aliphatic rings. The van der Waals surface area contributed by atoms with Crippen LogP contribution in [0.25, 0.3) is 0 Å². The molecule has 0 atom stereocenters. The van der Waals surface area contributed by atoms with Gasteiger partial charge in [-0.2, -0.15) is 4.98 Å². The minimum absolute atomic E-state index is 0.449. The number of aromatic nitrogens is 2. The Morgan fingerprint density at radius 2 is 1.28 bits per heavy atom. The molecule has 2 aliphatic heterocycles. The quantitative estimate of drug-likeness (QED) is 0.601. The Bertz CT molecular complexity index is 1060. The van der Waals surface area contributed by atoms with Gasteiger partial charge in [-0.25, -0.2) is 4.98 Å². The predicted molar refractivity (Wildman–Crippen MR) is 111 cm³/mol. The second kappa shape index (κ2) is 7.67. The molecular weight excluding hydrogens is 440 g/mol. The molecule has 0 aliphatic carbocycles. The fraction of sp³-hybridized carbons (Fsp3) is 0.200. The molecule has 0 bridgehead atoms. The number of anilines is 4. The number of nitrogens with one attached hydrogen (secondary N) is 2. The SMILES string of the molecule is Brc1cnc(Nc2ccc3c(c2)OCCO3)nc1Nc1ccc2c(c1)OCCO2. The van der Waals surface area contributed by atoms with Gasteiger partial charge < -0.3 is 29.6 Å². The molecule has 0 saturated heterocycles. The zero-order chi connectivity index (χ0) is 19.6. The molecule has 148 valence electrons. The Hall–Kier alpha value is -3.20. The highest BCUT2D eigenvalue weighted by Crippen LogP contribution is 2.35.